The number of likely N-dealkylation sites (N-methyl/N-ethyl adjacent to an activating group) is 1. The van der Waals surface area contributed by atoms with Crippen molar-refractivity contribution in [3.05, 3.63) is 29.8 Å². The van der Waals surface area contributed by atoms with Crippen LogP contribution in [0.15, 0.2) is 24.3 Å². The van der Waals surface area contributed by atoms with Gasteiger partial charge in [0.1, 0.15) is 12.4 Å². The minimum Gasteiger partial charge on any atom is -0.491 e. The highest BCUT2D eigenvalue weighted by atomic mass is 16.5. The molecular formula is C16H24N2O3. The molecule has 1 fully saturated rings. The molecule has 2 N–H and O–H groups in total. The molecule has 2 rings (SSSR count). The van der Waals surface area contributed by atoms with Crippen LogP contribution in [-0.4, -0.2) is 50.3 Å². The van der Waals surface area contributed by atoms with Crippen LogP contribution in [-0.2, 0) is 9.53 Å². The number of aryl methyl sites for hydroxylation is 1. The van der Waals surface area contributed by atoms with Gasteiger partial charge in [0, 0.05) is 13.1 Å². The molecule has 0 spiro atoms. The molecule has 1 saturated heterocycles. The summed E-state index contributed by atoms with van der Waals surface area (Å²) in [6.45, 7) is 5.67. The molecule has 0 saturated carbocycles. The van der Waals surface area contributed by atoms with Gasteiger partial charge in [-0.25, -0.2) is 0 Å². The highest BCUT2D eigenvalue weighted by molar-refractivity contribution is 5.83. The highest BCUT2D eigenvalue weighted by Crippen LogP contribution is 2.29. The fraction of sp³-hybridized carbons (Fsp3) is 0.562. The second-order valence-electron chi connectivity index (χ2n) is 5.88. The number of benzene rings is 1. The Morgan fingerprint density at radius 2 is 2.24 bits per heavy atom. The maximum atomic E-state index is 12.5. The molecular weight excluding hydrogens is 268 g/mol. The Labute approximate surface area is 126 Å². The van der Waals surface area contributed by atoms with Crippen molar-refractivity contribution >= 4 is 5.91 Å². The molecule has 1 heterocycles. The van der Waals surface area contributed by atoms with Gasteiger partial charge < -0.3 is 20.1 Å². The lowest BCUT2D eigenvalue weighted by Gasteiger charge is -2.30. The number of rotatable bonds is 5. The van der Waals surface area contributed by atoms with Gasteiger partial charge in [0.05, 0.1) is 25.2 Å². The van der Waals surface area contributed by atoms with Crippen LogP contribution in [0.1, 0.15) is 12.5 Å². The average molecular weight is 292 g/mol. The fourth-order valence-electron chi connectivity index (χ4n) is 2.46. The molecule has 5 heteroatoms. The summed E-state index contributed by atoms with van der Waals surface area (Å²) in [5, 5.41) is 0. The summed E-state index contributed by atoms with van der Waals surface area (Å²) in [7, 11) is 1.78. The van der Waals surface area contributed by atoms with Crippen LogP contribution in [0.25, 0.3) is 0 Å². The number of hydrogen-bond acceptors (Lipinski definition) is 4. The summed E-state index contributed by atoms with van der Waals surface area (Å²) < 4.78 is 11.1. The van der Waals surface area contributed by atoms with E-state index in [9.17, 15) is 4.79 Å². The zero-order valence-corrected chi connectivity index (χ0v) is 13.0. The lowest BCUT2D eigenvalue weighted by atomic mass is 9.84. The van der Waals surface area contributed by atoms with E-state index in [1.807, 2.05) is 38.1 Å². The third-order valence-electron chi connectivity index (χ3n) is 4.13. The van der Waals surface area contributed by atoms with E-state index in [2.05, 4.69) is 0 Å². The Hall–Kier alpha value is -1.59. The quantitative estimate of drug-likeness (QED) is 0.885. The van der Waals surface area contributed by atoms with Gasteiger partial charge in [-0.1, -0.05) is 18.2 Å². The SMILES string of the molecule is Cc1ccccc1OCCN(C)C(=O)C1(C)COCC1N. The first-order valence-electron chi connectivity index (χ1n) is 7.22. The number of nitrogens with zero attached hydrogens (tertiary/aromatic N) is 1. The molecule has 0 bridgehead atoms. The first-order valence-corrected chi connectivity index (χ1v) is 7.22. The number of para-hydroxylation sites is 1. The summed E-state index contributed by atoms with van der Waals surface area (Å²) >= 11 is 0. The molecule has 5 nitrogen and oxygen atoms in total. The van der Waals surface area contributed by atoms with Gasteiger partial charge in [0.15, 0.2) is 0 Å². The Morgan fingerprint density at radius 1 is 1.52 bits per heavy atom. The van der Waals surface area contributed by atoms with E-state index in [0.717, 1.165) is 11.3 Å². The summed E-state index contributed by atoms with van der Waals surface area (Å²) in [6, 6.07) is 7.59. The van der Waals surface area contributed by atoms with Gasteiger partial charge in [-0.2, -0.15) is 0 Å². The predicted octanol–water partition coefficient (Wildman–Crippen LogP) is 1.20. The number of nitrogens with two attached hydrogens (primary N) is 1. The van der Waals surface area contributed by atoms with E-state index in [4.69, 9.17) is 15.2 Å². The van der Waals surface area contributed by atoms with Crippen LogP contribution in [0.2, 0.25) is 0 Å². The molecule has 0 aliphatic carbocycles. The molecule has 21 heavy (non-hydrogen) atoms. The molecule has 2 unspecified atom stereocenters. The van der Waals surface area contributed by atoms with Crippen molar-refractivity contribution in [2.45, 2.75) is 19.9 Å². The summed E-state index contributed by atoms with van der Waals surface area (Å²) in [6.07, 6.45) is 0. The van der Waals surface area contributed by atoms with E-state index in [-0.39, 0.29) is 11.9 Å². The lowest BCUT2D eigenvalue weighted by molar-refractivity contribution is -0.140. The van der Waals surface area contributed by atoms with Crippen LogP contribution in [0.5, 0.6) is 5.75 Å². The molecule has 1 aliphatic rings. The molecule has 0 radical (unpaired) electrons. The minimum absolute atomic E-state index is 0.0147. The summed E-state index contributed by atoms with van der Waals surface area (Å²) in [4.78, 5) is 14.2. The third-order valence-corrected chi connectivity index (χ3v) is 4.13. The molecule has 0 aromatic heterocycles. The first-order chi connectivity index (χ1) is 9.95. The standard InChI is InChI=1S/C16H24N2O3/c1-12-6-4-5-7-13(12)21-9-8-18(3)15(19)16(2)11-20-10-14(16)17/h4-7,14H,8-11,17H2,1-3H3. The second-order valence-corrected chi connectivity index (χ2v) is 5.88. The van der Waals surface area contributed by atoms with Gasteiger partial charge in [-0.15, -0.1) is 0 Å². The highest BCUT2D eigenvalue weighted by Gasteiger charge is 2.45. The summed E-state index contributed by atoms with van der Waals surface area (Å²) in [5.74, 6) is 0.867. The Balaban J connectivity index is 1.86. The van der Waals surface area contributed by atoms with Crippen molar-refractivity contribution in [2.75, 3.05) is 33.4 Å². The Kier molecular flexibility index (Phi) is 4.85. The number of carbonyl (C=O) groups excluding carboxylic acids is 1. The van der Waals surface area contributed by atoms with E-state index < -0.39 is 5.41 Å². The summed E-state index contributed by atoms with van der Waals surface area (Å²) in [5.41, 5.74) is 6.45. The topological polar surface area (TPSA) is 64.8 Å². The van der Waals surface area contributed by atoms with Crippen molar-refractivity contribution in [3.63, 3.8) is 0 Å². The second kappa shape index (κ2) is 6.45. The van der Waals surface area contributed by atoms with Crippen molar-refractivity contribution in [1.29, 1.82) is 0 Å². The van der Waals surface area contributed by atoms with Crippen LogP contribution in [0.3, 0.4) is 0 Å². The minimum atomic E-state index is -0.628. The number of carbonyl (C=O) groups is 1. The van der Waals surface area contributed by atoms with Crippen molar-refractivity contribution < 1.29 is 14.3 Å². The fourth-order valence-corrected chi connectivity index (χ4v) is 2.46. The maximum Gasteiger partial charge on any atom is 0.232 e. The smallest absolute Gasteiger partial charge is 0.232 e. The lowest BCUT2D eigenvalue weighted by Crippen LogP contribution is -2.51. The van der Waals surface area contributed by atoms with E-state index in [1.54, 1.807) is 11.9 Å². The van der Waals surface area contributed by atoms with Gasteiger partial charge >= 0.3 is 0 Å². The monoisotopic (exact) mass is 292 g/mol. The number of hydrogen-bond donors (Lipinski definition) is 1. The van der Waals surface area contributed by atoms with Crippen LogP contribution < -0.4 is 10.5 Å². The van der Waals surface area contributed by atoms with Gasteiger partial charge in [0.25, 0.3) is 0 Å². The van der Waals surface area contributed by atoms with Crippen molar-refractivity contribution in [1.82, 2.24) is 4.90 Å². The van der Waals surface area contributed by atoms with Gasteiger partial charge in [-0.3, -0.25) is 4.79 Å². The van der Waals surface area contributed by atoms with Crippen molar-refractivity contribution in [3.8, 4) is 5.75 Å². The van der Waals surface area contributed by atoms with Gasteiger partial charge in [0.2, 0.25) is 5.91 Å². The maximum absolute atomic E-state index is 12.5. The van der Waals surface area contributed by atoms with E-state index >= 15 is 0 Å². The van der Waals surface area contributed by atoms with Crippen LogP contribution >= 0.6 is 0 Å². The molecule has 1 aromatic carbocycles. The van der Waals surface area contributed by atoms with E-state index in [1.165, 1.54) is 0 Å². The molecule has 2 atom stereocenters. The average Bonchev–Trinajstić information content (AvgIpc) is 2.81. The number of amides is 1. The Morgan fingerprint density at radius 3 is 2.86 bits per heavy atom. The normalized spacial score (nSPS) is 24.9. The first kappa shape index (κ1) is 15.8. The molecule has 1 aliphatic heterocycles. The zero-order chi connectivity index (χ0) is 15.5. The van der Waals surface area contributed by atoms with Crippen molar-refractivity contribution in [2.24, 2.45) is 11.1 Å². The third kappa shape index (κ3) is 3.36. The zero-order valence-electron chi connectivity index (χ0n) is 13.0. The Bertz CT molecular complexity index is 506. The molecule has 116 valence electrons. The van der Waals surface area contributed by atoms with E-state index in [0.29, 0.717) is 26.4 Å². The van der Waals surface area contributed by atoms with Crippen LogP contribution in [0.4, 0.5) is 0 Å². The molecule has 1 aromatic rings. The number of ether oxygens (including phenoxy) is 2. The van der Waals surface area contributed by atoms with Crippen LogP contribution in [0, 0.1) is 12.3 Å². The molecule has 1 amide bonds. The van der Waals surface area contributed by atoms with Gasteiger partial charge in [-0.05, 0) is 25.5 Å². The predicted molar refractivity (Wildman–Crippen MR) is 81.2 cm³/mol. The largest absolute Gasteiger partial charge is 0.491 e.